The molecular formula is C13H12BrNO3. The molecule has 0 saturated heterocycles. The number of hydrogen-bond donors (Lipinski definition) is 0. The van der Waals surface area contributed by atoms with Crippen LogP contribution in [-0.2, 0) is 16.1 Å². The van der Waals surface area contributed by atoms with E-state index in [-0.39, 0.29) is 12.1 Å². The van der Waals surface area contributed by atoms with Gasteiger partial charge >= 0.3 is 5.97 Å². The second kappa shape index (κ2) is 5.35. The molecule has 0 fully saturated rings. The Hall–Kier alpha value is -1.62. The fraction of sp³-hybridized carbons (Fsp3) is 0.231. The number of carbonyl (C=O) groups excluding carboxylic acids is 1. The van der Waals surface area contributed by atoms with E-state index in [0.717, 1.165) is 5.39 Å². The van der Waals surface area contributed by atoms with Crippen molar-refractivity contribution in [1.82, 2.24) is 4.57 Å². The number of pyridine rings is 1. The monoisotopic (exact) mass is 309 g/mol. The van der Waals surface area contributed by atoms with Gasteiger partial charge in [0.2, 0.25) is 0 Å². The molecule has 0 aliphatic heterocycles. The highest BCUT2D eigenvalue weighted by Crippen LogP contribution is 2.10. The number of benzene rings is 1. The van der Waals surface area contributed by atoms with Crippen LogP contribution in [0.1, 0.15) is 0 Å². The molecule has 0 aliphatic rings. The van der Waals surface area contributed by atoms with E-state index < -0.39 is 10.8 Å². The second-order valence-corrected chi connectivity index (χ2v) is 4.96. The van der Waals surface area contributed by atoms with Gasteiger partial charge in [-0.25, -0.2) is 0 Å². The summed E-state index contributed by atoms with van der Waals surface area (Å²) in [4.78, 5) is 22.9. The largest absolute Gasteiger partial charge is 0.468 e. The molecule has 0 bridgehead atoms. The van der Waals surface area contributed by atoms with Crippen LogP contribution in [0.3, 0.4) is 0 Å². The molecule has 4 nitrogen and oxygen atoms in total. The maximum Gasteiger partial charge on any atom is 0.321 e. The molecule has 1 aromatic heterocycles. The smallest absolute Gasteiger partial charge is 0.321 e. The van der Waals surface area contributed by atoms with Crippen LogP contribution in [0.25, 0.3) is 10.8 Å². The van der Waals surface area contributed by atoms with Crippen molar-refractivity contribution in [2.75, 3.05) is 7.11 Å². The fourth-order valence-corrected chi connectivity index (χ4v) is 2.25. The topological polar surface area (TPSA) is 48.3 Å². The number of nitrogens with zero attached hydrogens (tertiary/aromatic N) is 1. The van der Waals surface area contributed by atoms with Crippen LogP contribution in [0, 0.1) is 0 Å². The standard InChI is InChI=1S/C13H12BrNO3/c1-18-13(17)11(14)8-15-7-6-9-4-2-3-5-10(9)12(15)16/h2-7,11H,8H2,1H3. The minimum absolute atomic E-state index is 0.110. The Morgan fingerprint density at radius 2 is 2.11 bits per heavy atom. The number of alkyl halides is 1. The normalized spacial score (nSPS) is 12.3. The zero-order chi connectivity index (χ0) is 13.1. The quantitative estimate of drug-likeness (QED) is 0.643. The molecule has 0 spiro atoms. The van der Waals surface area contributed by atoms with Gasteiger partial charge < -0.3 is 9.30 Å². The van der Waals surface area contributed by atoms with Crippen LogP contribution in [-0.4, -0.2) is 22.5 Å². The van der Waals surface area contributed by atoms with Crippen LogP contribution in [0.5, 0.6) is 0 Å². The summed E-state index contributed by atoms with van der Waals surface area (Å²) in [7, 11) is 1.32. The zero-order valence-electron chi connectivity index (χ0n) is 9.80. The van der Waals surface area contributed by atoms with Crippen molar-refractivity contribution in [1.29, 1.82) is 0 Å². The molecule has 1 atom stereocenters. The molecule has 2 rings (SSSR count). The van der Waals surface area contributed by atoms with Gasteiger partial charge in [-0.15, -0.1) is 0 Å². The Kier molecular flexibility index (Phi) is 3.81. The first-order valence-electron chi connectivity index (χ1n) is 5.43. The SMILES string of the molecule is COC(=O)C(Br)Cn1ccc2ccccc2c1=O. The summed E-state index contributed by atoms with van der Waals surface area (Å²) < 4.78 is 6.11. The summed E-state index contributed by atoms with van der Waals surface area (Å²) in [5.74, 6) is -0.393. The predicted molar refractivity (Wildman–Crippen MR) is 72.9 cm³/mol. The number of aromatic nitrogens is 1. The number of esters is 1. The molecule has 1 unspecified atom stereocenters. The minimum Gasteiger partial charge on any atom is -0.468 e. The highest BCUT2D eigenvalue weighted by molar-refractivity contribution is 9.10. The predicted octanol–water partition coefficient (Wildman–Crippen LogP) is 1.94. The van der Waals surface area contributed by atoms with Crippen LogP contribution in [0.2, 0.25) is 0 Å². The number of rotatable bonds is 3. The number of fused-ring (bicyclic) bond motifs is 1. The highest BCUT2D eigenvalue weighted by atomic mass is 79.9. The molecule has 1 aromatic carbocycles. The Balaban J connectivity index is 2.38. The zero-order valence-corrected chi connectivity index (χ0v) is 11.4. The lowest BCUT2D eigenvalue weighted by Crippen LogP contribution is -2.28. The molecule has 0 radical (unpaired) electrons. The van der Waals surface area contributed by atoms with Crippen molar-refractivity contribution in [3.8, 4) is 0 Å². The number of halogens is 1. The summed E-state index contributed by atoms with van der Waals surface area (Å²) in [6.07, 6.45) is 1.68. The third kappa shape index (κ3) is 2.46. The fourth-order valence-electron chi connectivity index (χ4n) is 1.75. The van der Waals surface area contributed by atoms with Crippen molar-refractivity contribution in [2.24, 2.45) is 0 Å². The van der Waals surface area contributed by atoms with E-state index >= 15 is 0 Å². The third-order valence-corrected chi connectivity index (χ3v) is 3.36. The van der Waals surface area contributed by atoms with E-state index in [1.54, 1.807) is 12.3 Å². The van der Waals surface area contributed by atoms with E-state index in [1.165, 1.54) is 11.7 Å². The van der Waals surface area contributed by atoms with Gasteiger partial charge in [-0.1, -0.05) is 34.1 Å². The maximum absolute atomic E-state index is 12.2. The van der Waals surface area contributed by atoms with Crippen molar-refractivity contribution in [3.05, 3.63) is 46.9 Å². The van der Waals surface area contributed by atoms with Crippen LogP contribution in [0.4, 0.5) is 0 Å². The van der Waals surface area contributed by atoms with Gasteiger partial charge in [0, 0.05) is 18.1 Å². The summed E-state index contributed by atoms with van der Waals surface area (Å²) in [5, 5.41) is 1.53. The lowest BCUT2D eigenvalue weighted by Gasteiger charge is -2.10. The number of methoxy groups -OCH3 is 1. The van der Waals surface area contributed by atoms with Crippen molar-refractivity contribution >= 4 is 32.7 Å². The molecule has 2 aromatic rings. The third-order valence-electron chi connectivity index (χ3n) is 2.70. The molecular weight excluding hydrogens is 298 g/mol. The summed E-state index contributed by atoms with van der Waals surface area (Å²) >= 11 is 3.20. The number of carbonyl (C=O) groups is 1. The van der Waals surface area contributed by atoms with Crippen molar-refractivity contribution < 1.29 is 9.53 Å². The first-order valence-corrected chi connectivity index (χ1v) is 6.35. The van der Waals surface area contributed by atoms with Gasteiger partial charge in [0.1, 0.15) is 4.83 Å². The Bertz CT molecular complexity index is 635. The molecule has 94 valence electrons. The van der Waals surface area contributed by atoms with Gasteiger partial charge in [-0.3, -0.25) is 9.59 Å². The first kappa shape index (κ1) is 12.8. The Labute approximate surface area is 112 Å². The highest BCUT2D eigenvalue weighted by Gasteiger charge is 2.16. The van der Waals surface area contributed by atoms with Crippen LogP contribution >= 0.6 is 15.9 Å². The number of hydrogen-bond acceptors (Lipinski definition) is 3. The Morgan fingerprint density at radius 1 is 1.39 bits per heavy atom. The number of ether oxygens (including phenoxy) is 1. The van der Waals surface area contributed by atoms with Gasteiger partial charge in [0.15, 0.2) is 0 Å². The van der Waals surface area contributed by atoms with E-state index in [0.29, 0.717) is 5.39 Å². The van der Waals surface area contributed by atoms with Gasteiger partial charge in [-0.05, 0) is 17.5 Å². The molecule has 0 N–H and O–H groups in total. The van der Waals surface area contributed by atoms with Crippen molar-refractivity contribution in [2.45, 2.75) is 11.4 Å². The average Bonchev–Trinajstić information content (AvgIpc) is 2.41. The Morgan fingerprint density at radius 3 is 2.83 bits per heavy atom. The lowest BCUT2D eigenvalue weighted by molar-refractivity contribution is -0.140. The average molecular weight is 310 g/mol. The first-order chi connectivity index (χ1) is 8.63. The molecule has 5 heteroatoms. The minimum atomic E-state index is -0.527. The van der Waals surface area contributed by atoms with Crippen LogP contribution < -0.4 is 5.56 Å². The maximum atomic E-state index is 12.2. The van der Waals surface area contributed by atoms with Gasteiger partial charge in [0.05, 0.1) is 7.11 Å². The van der Waals surface area contributed by atoms with E-state index in [9.17, 15) is 9.59 Å². The molecule has 0 aliphatic carbocycles. The lowest BCUT2D eigenvalue weighted by atomic mass is 10.2. The van der Waals surface area contributed by atoms with E-state index in [4.69, 9.17) is 0 Å². The summed E-state index contributed by atoms with van der Waals surface area (Å²) in [5.41, 5.74) is -0.110. The molecule has 0 amide bonds. The second-order valence-electron chi connectivity index (χ2n) is 3.85. The van der Waals surface area contributed by atoms with Crippen LogP contribution in [0.15, 0.2) is 41.3 Å². The summed E-state index contributed by atoms with van der Waals surface area (Å²) in [6, 6.07) is 9.21. The molecule has 1 heterocycles. The van der Waals surface area contributed by atoms with E-state index in [1.807, 2.05) is 24.3 Å². The van der Waals surface area contributed by atoms with E-state index in [2.05, 4.69) is 20.7 Å². The molecule has 18 heavy (non-hydrogen) atoms. The van der Waals surface area contributed by atoms with Gasteiger partial charge in [-0.2, -0.15) is 0 Å². The van der Waals surface area contributed by atoms with Gasteiger partial charge in [0.25, 0.3) is 5.56 Å². The molecule has 0 saturated carbocycles. The van der Waals surface area contributed by atoms with Crippen molar-refractivity contribution in [3.63, 3.8) is 0 Å². The summed E-state index contributed by atoms with van der Waals surface area (Å²) in [6.45, 7) is 0.246.